The van der Waals surface area contributed by atoms with Gasteiger partial charge in [0.2, 0.25) is 5.89 Å². The van der Waals surface area contributed by atoms with Gasteiger partial charge < -0.3 is 19.2 Å². The van der Waals surface area contributed by atoms with E-state index in [1.54, 1.807) is 19.2 Å². The summed E-state index contributed by atoms with van der Waals surface area (Å²) < 4.78 is 16.8. The van der Waals surface area contributed by atoms with Crippen LogP contribution in [0.1, 0.15) is 32.9 Å². The quantitative estimate of drug-likeness (QED) is 0.391. The Bertz CT molecular complexity index is 1210. The van der Waals surface area contributed by atoms with Crippen LogP contribution < -0.4 is 14.8 Å². The summed E-state index contributed by atoms with van der Waals surface area (Å²) in [5.74, 6) is 2.63. The van der Waals surface area contributed by atoms with Gasteiger partial charge in [0.25, 0.3) is 5.91 Å². The normalized spacial score (nSPS) is 10.6. The van der Waals surface area contributed by atoms with Crippen molar-refractivity contribution in [3.8, 4) is 23.0 Å². The maximum atomic E-state index is 12.5. The molecule has 4 rings (SSSR count). The van der Waals surface area contributed by atoms with Crippen molar-refractivity contribution in [2.45, 2.75) is 27.0 Å². The van der Waals surface area contributed by atoms with E-state index in [9.17, 15) is 4.79 Å². The molecule has 0 fully saturated rings. The molecule has 0 atom stereocenters. The molecule has 0 bridgehead atoms. The molecule has 1 aromatic heterocycles. The van der Waals surface area contributed by atoms with Crippen LogP contribution in [-0.2, 0) is 13.2 Å². The molecule has 0 unspecified atom stereocenters. The third-order valence-corrected chi connectivity index (χ3v) is 5.30. The summed E-state index contributed by atoms with van der Waals surface area (Å²) in [5.41, 5.74) is 4.29. The van der Waals surface area contributed by atoms with Crippen LogP contribution in [-0.4, -0.2) is 18.0 Å². The van der Waals surface area contributed by atoms with Crippen molar-refractivity contribution in [2.75, 3.05) is 7.11 Å². The second kappa shape index (κ2) is 10.0. The minimum absolute atomic E-state index is 0.145. The van der Waals surface area contributed by atoms with Gasteiger partial charge in [-0.25, -0.2) is 4.98 Å². The molecular weight excluding hydrogens is 416 g/mol. The average Bonchev–Trinajstić information content (AvgIpc) is 3.23. The van der Waals surface area contributed by atoms with E-state index in [-0.39, 0.29) is 5.91 Å². The maximum absolute atomic E-state index is 12.5. The Kier molecular flexibility index (Phi) is 6.74. The van der Waals surface area contributed by atoms with Crippen molar-refractivity contribution in [1.29, 1.82) is 0 Å². The van der Waals surface area contributed by atoms with Crippen LogP contribution in [0.3, 0.4) is 0 Å². The first-order valence-corrected chi connectivity index (χ1v) is 10.7. The number of aromatic nitrogens is 1. The number of hydrogen-bond acceptors (Lipinski definition) is 5. The molecule has 168 valence electrons. The molecule has 0 radical (unpaired) electrons. The van der Waals surface area contributed by atoms with Gasteiger partial charge in [-0.15, -0.1) is 0 Å². The van der Waals surface area contributed by atoms with Crippen LogP contribution in [0.25, 0.3) is 11.5 Å². The van der Waals surface area contributed by atoms with Crippen LogP contribution in [0, 0.1) is 13.8 Å². The molecule has 1 heterocycles. The van der Waals surface area contributed by atoms with Crippen molar-refractivity contribution in [3.05, 3.63) is 101 Å². The summed E-state index contributed by atoms with van der Waals surface area (Å²) in [4.78, 5) is 17.1. The zero-order valence-corrected chi connectivity index (χ0v) is 18.9. The highest BCUT2D eigenvalue weighted by molar-refractivity contribution is 5.94. The van der Waals surface area contributed by atoms with Crippen molar-refractivity contribution in [3.63, 3.8) is 0 Å². The number of rotatable bonds is 8. The largest absolute Gasteiger partial charge is 0.497 e. The minimum Gasteiger partial charge on any atom is -0.497 e. The fraction of sp³-hybridized carbons (Fsp3) is 0.185. The molecule has 1 amide bonds. The van der Waals surface area contributed by atoms with Gasteiger partial charge in [0.05, 0.1) is 7.11 Å². The van der Waals surface area contributed by atoms with E-state index >= 15 is 0 Å². The standard InChI is InChI=1S/C27H26N2O4/c1-18-4-12-24(13-5-18)32-17-25-19(2)33-27(29-25)22-10-8-21(9-11-22)26(30)28-16-20-6-14-23(31-3)15-7-20/h4-15H,16-17H2,1-3H3,(H,28,30). The van der Waals surface area contributed by atoms with Crippen molar-refractivity contribution in [1.82, 2.24) is 10.3 Å². The van der Waals surface area contributed by atoms with E-state index in [4.69, 9.17) is 13.9 Å². The molecule has 0 saturated heterocycles. The molecule has 0 spiro atoms. The number of carbonyl (C=O) groups excluding carboxylic acids is 1. The van der Waals surface area contributed by atoms with Gasteiger partial charge in [-0.2, -0.15) is 0 Å². The second-order valence-electron chi connectivity index (χ2n) is 7.73. The Morgan fingerprint density at radius 3 is 2.24 bits per heavy atom. The highest BCUT2D eigenvalue weighted by Gasteiger charge is 2.13. The molecule has 0 saturated carbocycles. The molecule has 0 aliphatic carbocycles. The number of benzene rings is 3. The van der Waals surface area contributed by atoms with Gasteiger partial charge in [-0.05, 0) is 67.9 Å². The third kappa shape index (κ3) is 5.60. The number of hydrogen-bond donors (Lipinski definition) is 1. The van der Waals surface area contributed by atoms with Gasteiger partial charge in [-0.3, -0.25) is 4.79 Å². The molecule has 0 aliphatic rings. The number of amides is 1. The van der Waals surface area contributed by atoms with Gasteiger partial charge in [0, 0.05) is 17.7 Å². The first-order valence-electron chi connectivity index (χ1n) is 10.7. The number of ether oxygens (including phenoxy) is 2. The van der Waals surface area contributed by atoms with Gasteiger partial charge in [0.1, 0.15) is 29.6 Å². The van der Waals surface area contributed by atoms with Crippen molar-refractivity contribution >= 4 is 5.91 Å². The summed E-state index contributed by atoms with van der Waals surface area (Å²) in [5, 5.41) is 2.93. The van der Waals surface area contributed by atoms with Gasteiger partial charge in [-0.1, -0.05) is 29.8 Å². The third-order valence-electron chi connectivity index (χ3n) is 5.30. The molecular formula is C27H26N2O4. The zero-order chi connectivity index (χ0) is 23.2. The van der Waals surface area contributed by atoms with Gasteiger partial charge in [0.15, 0.2) is 0 Å². The summed E-state index contributed by atoms with van der Waals surface area (Å²) in [6.07, 6.45) is 0. The highest BCUT2D eigenvalue weighted by Crippen LogP contribution is 2.23. The lowest BCUT2D eigenvalue weighted by atomic mass is 10.1. The number of oxazole rings is 1. The highest BCUT2D eigenvalue weighted by atomic mass is 16.5. The number of aryl methyl sites for hydroxylation is 2. The molecule has 6 nitrogen and oxygen atoms in total. The summed E-state index contributed by atoms with van der Waals surface area (Å²) in [7, 11) is 1.63. The first kappa shape index (κ1) is 22.1. The number of nitrogens with zero attached hydrogens (tertiary/aromatic N) is 1. The lowest BCUT2D eigenvalue weighted by molar-refractivity contribution is 0.0951. The maximum Gasteiger partial charge on any atom is 0.251 e. The Morgan fingerprint density at radius 1 is 0.909 bits per heavy atom. The summed E-state index contributed by atoms with van der Waals surface area (Å²) >= 11 is 0. The molecule has 1 N–H and O–H groups in total. The van der Waals surface area contributed by atoms with E-state index in [0.29, 0.717) is 30.4 Å². The summed E-state index contributed by atoms with van der Waals surface area (Å²) in [6, 6.07) is 22.7. The molecule has 0 aliphatic heterocycles. The number of carbonyl (C=O) groups is 1. The Labute approximate surface area is 193 Å². The van der Waals surface area contributed by atoms with Crippen LogP contribution in [0.2, 0.25) is 0 Å². The molecule has 33 heavy (non-hydrogen) atoms. The monoisotopic (exact) mass is 442 g/mol. The fourth-order valence-corrected chi connectivity index (χ4v) is 3.26. The van der Waals surface area contributed by atoms with E-state index in [2.05, 4.69) is 10.3 Å². The smallest absolute Gasteiger partial charge is 0.251 e. The van der Waals surface area contributed by atoms with Crippen LogP contribution >= 0.6 is 0 Å². The average molecular weight is 443 g/mol. The van der Waals surface area contributed by atoms with E-state index in [1.807, 2.05) is 74.5 Å². The fourth-order valence-electron chi connectivity index (χ4n) is 3.26. The summed E-state index contributed by atoms with van der Waals surface area (Å²) in [6.45, 7) is 4.66. The topological polar surface area (TPSA) is 73.6 Å². The second-order valence-corrected chi connectivity index (χ2v) is 7.73. The van der Waals surface area contributed by atoms with E-state index < -0.39 is 0 Å². The van der Waals surface area contributed by atoms with Crippen LogP contribution in [0.4, 0.5) is 0 Å². The van der Waals surface area contributed by atoms with Crippen LogP contribution in [0.15, 0.2) is 77.2 Å². The van der Waals surface area contributed by atoms with E-state index in [1.165, 1.54) is 5.56 Å². The zero-order valence-electron chi connectivity index (χ0n) is 18.9. The lowest BCUT2D eigenvalue weighted by Gasteiger charge is -2.07. The SMILES string of the molecule is COc1ccc(CNC(=O)c2ccc(-c3nc(COc4ccc(C)cc4)c(C)o3)cc2)cc1. The molecule has 6 heteroatoms. The predicted molar refractivity (Wildman–Crippen MR) is 126 cm³/mol. The Balaban J connectivity index is 1.36. The number of nitrogens with one attached hydrogen (secondary N) is 1. The Hall–Kier alpha value is -4.06. The van der Waals surface area contributed by atoms with Crippen molar-refractivity contribution < 1.29 is 18.7 Å². The van der Waals surface area contributed by atoms with E-state index in [0.717, 1.165) is 28.3 Å². The van der Waals surface area contributed by atoms with Gasteiger partial charge >= 0.3 is 0 Å². The lowest BCUT2D eigenvalue weighted by Crippen LogP contribution is -2.22. The number of methoxy groups -OCH3 is 1. The predicted octanol–water partition coefficient (Wildman–Crippen LogP) is 5.48. The molecule has 4 aromatic rings. The van der Waals surface area contributed by atoms with Crippen LogP contribution in [0.5, 0.6) is 11.5 Å². The minimum atomic E-state index is -0.145. The molecule has 3 aromatic carbocycles. The Morgan fingerprint density at radius 2 is 1.58 bits per heavy atom. The first-order chi connectivity index (χ1) is 16.0. The van der Waals surface area contributed by atoms with Crippen molar-refractivity contribution in [2.24, 2.45) is 0 Å².